The van der Waals surface area contributed by atoms with Crippen LogP contribution in [0.15, 0.2) is 42.5 Å². The fraction of sp³-hybridized carbons (Fsp3) is 0. The van der Waals surface area contributed by atoms with Crippen LogP contribution in [0.5, 0.6) is 5.75 Å². The first-order valence-corrected chi connectivity index (χ1v) is 6.08. The molecule has 6 heteroatoms. The van der Waals surface area contributed by atoms with Crippen molar-refractivity contribution in [3.8, 4) is 5.75 Å². The van der Waals surface area contributed by atoms with Crippen LogP contribution in [0.4, 0.5) is 10.1 Å². The van der Waals surface area contributed by atoms with Crippen molar-refractivity contribution in [1.29, 1.82) is 0 Å². The van der Waals surface area contributed by atoms with E-state index in [4.69, 9.17) is 23.1 Å². The highest BCUT2D eigenvalue weighted by atomic mass is 32.1. The zero-order chi connectivity index (χ0) is 14.7. The van der Waals surface area contributed by atoms with E-state index < -0.39 is 11.7 Å². The molecular weight excluding hydrogens is 279 g/mol. The maximum atomic E-state index is 13.2. The minimum Gasteiger partial charge on any atom is -0.508 e. The predicted molar refractivity (Wildman–Crippen MR) is 78.3 cm³/mol. The standard InChI is InChI=1S/C14H11FN2O2S/c15-9-3-6-12(11(7-9)13(16)20)17-14(19)8-1-4-10(18)5-2-8/h1-7,18H,(H2,16,20)(H,17,19). The van der Waals surface area contributed by atoms with Gasteiger partial charge in [-0.3, -0.25) is 4.79 Å². The number of benzene rings is 2. The average molecular weight is 290 g/mol. The number of nitrogens with two attached hydrogens (primary N) is 1. The summed E-state index contributed by atoms with van der Waals surface area (Å²) in [5, 5.41) is 11.8. The fourth-order valence-corrected chi connectivity index (χ4v) is 1.81. The number of phenolic OH excluding ortho intramolecular Hbond substituents is 1. The van der Waals surface area contributed by atoms with Crippen molar-refractivity contribution in [1.82, 2.24) is 0 Å². The maximum Gasteiger partial charge on any atom is 0.255 e. The Morgan fingerprint density at radius 1 is 1.20 bits per heavy atom. The molecule has 0 saturated carbocycles. The SMILES string of the molecule is NC(=S)c1cc(F)ccc1NC(=O)c1ccc(O)cc1. The molecule has 0 aliphatic rings. The second-order valence-corrected chi connectivity index (χ2v) is 4.49. The summed E-state index contributed by atoms with van der Waals surface area (Å²) in [5.74, 6) is -0.836. The molecule has 4 N–H and O–H groups in total. The molecule has 2 aromatic carbocycles. The van der Waals surface area contributed by atoms with Gasteiger partial charge in [0.15, 0.2) is 0 Å². The first-order valence-electron chi connectivity index (χ1n) is 5.67. The van der Waals surface area contributed by atoms with Gasteiger partial charge in [0.05, 0.1) is 5.69 Å². The van der Waals surface area contributed by atoms with Crippen molar-refractivity contribution < 1.29 is 14.3 Å². The first kappa shape index (κ1) is 14.0. The Bertz CT molecular complexity index is 671. The Hall–Kier alpha value is -2.47. The van der Waals surface area contributed by atoms with Crippen molar-refractivity contribution in [3.63, 3.8) is 0 Å². The summed E-state index contributed by atoms with van der Waals surface area (Å²) in [5.41, 5.74) is 6.43. The number of rotatable bonds is 3. The number of nitrogens with one attached hydrogen (secondary N) is 1. The molecule has 20 heavy (non-hydrogen) atoms. The lowest BCUT2D eigenvalue weighted by molar-refractivity contribution is 0.102. The van der Waals surface area contributed by atoms with Gasteiger partial charge in [-0.2, -0.15) is 0 Å². The number of aromatic hydroxyl groups is 1. The van der Waals surface area contributed by atoms with E-state index in [1.807, 2.05) is 0 Å². The van der Waals surface area contributed by atoms with Crippen LogP contribution in [0.3, 0.4) is 0 Å². The molecular formula is C14H11FN2O2S. The molecule has 1 amide bonds. The Morgan fingerprint density at radius 2 is 1.85 bits per heavy atom. The van der Waals surface area contributed by atoms with E-state index in [-0.39, 0.29) is 16.3 Å². The number of phenols is 1. The molecule has 4 nitrogen and oxygen atoms in total. The summed E-state index contributed by atoms with van der Waals surface area (Å²) in [6.45, 7) is 0. The van der Waals surface area contributed by atoms with Gasteiger partial charge in [-0.15, -0.1) is 0 Å². The summed E-state index contributed by atoms with van der Waals surface area (Å²) >= 11 is 4.82. The lowest BCUT2D eigenvalue weighted by Gasteiger charge is -2.10. The minimum absolute atomic E-state index is 0.00879. The predicted octanol–water partition coefficient (Wildman–Crippen LogP) is 2.42. The zero-order valence-corrected chi connectivity index (χ0v) is 11.1. The maximum absolute atomic E-state index is 13.2. The topological polar surface area (TPSA) is 75.3 Å². The number of carbonyl (C=O) groups is 1. The van der Waals surface area contributed by atoms with Crippen molar-refractivity contribution >= 4 is 28.8 Å². The third-order valence-corrected chi connectivity index (χ3v) is 2.84. The highest BCUT2D eigenvalue weighted by molar-refractivity contribution is 7.80. The average Bonchev–Trinajstić information content (AvgIpc) is 2.41. The molecule has 102 valence electrons. The van der Waals surface area contributed by atoms with Crippen molar-refractivity contribution in [2.24, 2.45) is 5.73 Å². The Labute approximate surface area is 120 Å². The van der Waals surface area contributed by atoms with Gasteiger partial charge in [0.2, 0.25) is 0 Å². The van der Waals surface area contributed by atoms with Gasteiger partial charge in [-0.25, -0.2) is 4.39 Å². The van der Waals surface area contributed by atoms with E-state index in [0.717, 1.165) is 6.07 Å². The van der Waals surface area contributed by atoms with Gasteiger partial charge < -0.3 is 16.2 Å². The number of hydrogen-bond acceptors (Lipinski definition) is 3. The van der Waals surface area contributed by atoms with Gasteiger partial charge in [0, 0.05) is 11.1 Å². The summed E-state index contributed by atoms with van der Waals surface area (Å²) in [6, 6.07) is 9.48. The van der Waals surface area contributed by atoms with E-state index in [1.54, 1.807) is 0 Å². The van der Waals surface area contributed by atoms with Crippen LogP contribution in [0, 0.1) is 5.82 Å². The molecule has 2 rings (SSSR count). The summed E-state index contributed by atoms with van der Waals surface area (Å²) in [6.07, 6.45) is 0. The number of hydrogen-bond donors (Lipinski definition) is 3. The van der Waals surface area contributed by atoms with Gasteiger partial charge in [-0.1, -0.05) is 12.2 Å². The molecule has 0 atom stereocenters. The summed E-state index contributed by atoms with van der Waals surface area (Å²) in [7, 11) is 0. The van der Waals surface area contributed by atoms with E-state index in [9.17, 15) is 9.18 Å². The number of carbonyl (C=O) groups excluding carboxylic acids is 1. The zero-order valence-electron chi connectivity index (χ0n) is 10.3. The van der Waals surface area contributed by atoms with Gasteiger partial charge in [-0.05, 0) is 42.5 Å². The van der Waals surface area contributed by atoms with Crippen LogP contribution >= 0.6 is 12.2 Å². The van der Waals surface area contributed by atoms with Crippen LogP contribution in [0.1, 0.15) is 15.9 Å². The largest absolute Gasteiger partial charge is 0.508 e. The first-order chi connectivity index (χ1) is 9.47. The number of halogens is 1. The second kappa shape index (κ2) is 5.66. The van der Waals surface area contributed by atoms with Crippen LogP contribution in [0.25, 0.3) is 0 Å². The Balaban J connectivity index is 2.28. The number of amides is 1. The van der Waals surface area contributed by atoms with E-state index in [1.165, 1.54) is 36.4 Å². The molecule has 0 unspecified atom stereocenters. The van der Waals surface area contributed by atoms with Crippen molar-refractivity contribution in [2.75, 3.05) is 5.32 Å². The van der Waals surface area contributed by atoms with E-state index in [2.05, 4.69) is 5.32 Å². The minimum atomic E-state index is -0.490. The third kappa shape index (κ3) is 3.10. The van der Waals surface area contributed by atoms with Crippen LogP contribution in [0.2, 0.25) is 0 Å². The van der Waals surface area contributed by atoms with Gasteiger partial charge in [0.25, 0.3) is 5.91 Å². The smallest absolute Gasteiger partial charge is 0.255 e. The molecule has 0 bridgehead atoms. The van der Waals surface area contributed by atoms with E-state index >= 15 is 0 Å². The Kier molecular flexibility index (Phi) is 3.95. The second-order valence-electron chi connectivity index (χ2n) is 4.06. The van der Waals surface area contributed by atoms with Gasteiger partial charge in [0.1, 0.15) is 16.6 Å². The molecule has 0 radical (unpaired) electrons. The van der Waals surface area contributed by atoms with Crippen molar-refractivity contribution in [3.05, 3.63) is 59.4 Å². The third-order valence-electron chi connectivity index (χ3n) is 2.62. The molecule has 0 spiro atoms. The quantitative estimate of drug-likeness (QED) is 0.759. The normalized spacial score (nSPS) is 10.1. The molecule has 0 aliphatic carbocycles. The molecule has 0 fully saturated rings. The highest BCUT2D eigenvalue weighted by Crippen LogP contribution is 2.18. The van der Waals surface area contributed by atoms with E-state index in [0.29, 0.717) is 11.3 Å². The molecule has 0 aromatic heterocycles. The lowest BCUT2D eigenvalue weighted by atomic mass is 10.1. The monoisotopic (exact) mass is 290 g/mol. The van der Waals surface area contributed by atoms with Crippen LogP contribution in [-0.2, 0) is 0 Å². The van der Waals surface area contributed by atoms with Crippen LogP contribution < -0.4 is 11.1 Å². The number of anilines is 1. The number of thiocarbonyl (C=S) groups is 1. The van der Waals surface area contributed by atoms with Crippen LogP contribution in [-0.4, -0.2) is 16.0 Å². The highest BCUT2D eigenvalue weighted by Gasteiger charge is 2.11. The molecule has 0 aliphatic heterocycles. The fourth-order valence-electron chi connectivity index (χ4n) is 1.64. The van der Waals surface area contributed by atoms with Crippen molar-refractivity contribution in [2.45, 2.75) is 0 Å². The molecule has 0 heterocycles. The molecule has 0 saturated heterocycles. The molecule has 2 aromatic rings. The lowest BCUT2D eigenvalue weighted by Crippen LogP contribution is -2.17. The summed E-state index contributed by atoms with van der Waals surface area (Å²) < 4.78 is 13.2. The summed E-state index contributed by atoms with van der Waals surface area (Å²) in [4.78, 5) is 12.0. The Morgan fingerprint density at radius 3 is 2.45 bits per heavy atom. The van der Waals surface area contributed by atoms with Gasteiger partial charge >= 0.3 is 0 Å².